The summed E-state index contributed by atoms with van der Waals surface area (Å²) in [6, 6.07) is 6.85. The van der Waals surface area contributed by atoms with E-state index >= 15 is 4.39 Å². The van der Waals surface area contributed by atoms with Crippen molar-refractivity contribution in [1.82, 2.24) is 19.5 Å². The van der Waals surface area contributed by atoms with E-state index in [4.69, 9.17) is 21.1 Å². The van der Waals surface area contributed by atoms with E-state index in [1.807, 2.05) is 12.3 Å². The number of carbonyl (C=O) groups is 2. The molecule has 4 aromatic rings. The fourth-order valence-electron chi connectivity index (χ4n) is 5.13. The molecular weight excluding hydrogens is 653 g/mol. The number of benzene rings is 1. The normalized spacial score (nSPS) is 15.5. The molecule has 12 heteroatoms. The van der Waals surface area contributed by atoms with Crippen molar-refractivity contribution < 1.29 is 23.5 Å². The molecule has 0 fully saturated rings. The average Bonchev–Trinajstić information content (AvgIpc) is 3.54. The Morgan fingerprint density at radius 1 is 1.05 bits per heavy atom. The molecule has 3 aromatic heterocycles. The van der Waals surface area contributed by atoms with Crippen LogP contribution in [0.1, 0.15) is 72.4 Å². The zero-order valence-corrected chi connectivity index (χ0v) is 27.8. The number of pyridine rings is 1. The van der Waals surface area contributed by atoms with Crippen molar-refractivity contribution in [2.24, 2.45) is 0 Å². The van der Waals surface area contributed by atoms with Gasteiger partial charge in [0.15, 0.2) is 5.82 Å². The summed E-state index contributed by atoms with van der Waals surface area (Å²) in [4.78, 5) is 40.2. The second-order valence-corrected chi connectivity index (χ2v) is 14.0. The lowest BCUT2D eigenvalue weighted by Gasteiger charge is -2.28. The van der Waals surface area contributed by atoms with E-state index in [9.17, 15) is 9.59 Å². The van der Waals surface area contributed by atoms with E-state index in [1.54, 1.807) is 47.6 Å². The van der Waals surface area contributed by atoms with Gasteiger partial charge >= 0.3 is 12.2 Å². The van der Waals surface area contributed by atoms with Gasteiger partial charge in [-0.1, -0.05) is 23.3 Å². The SMILES string of the molecule is CC(C)(C)OC(=O)N(C(=O)OC(C)(C)C)c1nc2cc(CCC3=CC(n4ccc5c(Cl)ncnc54)CC3)cc(F)c2cc1Br. The van der Waals surface area contributed by atoms with Crippen LogP contribution in [0.25, 0.3) is 21.9 Å². The van der Waals surface area contributed by atoms with Crippen LogP contribution in [-0.2, 0) is 15.9 Å². The highest BCUT2D eigenvalue weighted by Gasteiger charge is 2.35. The van der Waals surface area contributed by atoms with E-state index in [1.165, 1.54) is 24.0 Å². The van der Waals surface area contributed by atoms with E-state index < -0.39 is 29.2 Å². The molecule has 0 saturated carbocycles. The molecule has 1 aliphatic rings. The average molecular weight is 687 g/mol. The van der Waals surface area contributed by atoms with Crippen LogP contribution >= 0.6 is 27.5 Å². The van der Waals surface area contributed by atoms with Crippen LogP contribution in [0.15, 0.2) is 52.9 Å². The lowest BCUT2D eigenvalue weighted by Crippen LogP contribution is -2.44. The van der Waals surface area contributed by atoms with Crippen molar-refractivity contribution >= 4 is 67.5 Å². The number of carbonyl (C=O) groups excluding carboxylic acids is 2. The molecule has 5 rings (SSSR count). The maximum atomic E-state index is 15.4. The van der Waals surface area contributed by atoms with Crippen LogP contribution in [0.4, 0.5) is 19.8 Å². The number of imide groups is 1. The van der Waals surface area contributed by atoms with Crippen molar-refractivity contribution in [3.05, 3.63) is 69.4 Å². The van der Waals surface area contributed by atoms with Crippen LogP contribution in [0.2, 0.25) is 5.15 Å². The van der Waals surface area contributed by atoms with Crippen LogP contribution < -0.4 is 4.90 Å². The van der Waals surface area contributed by atoms with Gasteiger partial charge in [0, 0.05) is 11.6 Å². The molecule has 1 unspecified atom stereocenters. The summed E-state index contributed by atoms with van der Waals surface area (Å²) >= 11 is 9.60. The van der Waals surface area contributed by atoms with Crippen molar-refractivity contribution in [2.45, 2.75) is 84.5 Å². The summed E-state index contributed by atoms with van der Waals surface area (Å²) in [6.07, 6.45) is 6.93. The Morgan fingerprint density at radius 2 is 1.73 bits per heavy atom. The van der Waals surface area contributed by atoms with Gasteiger partial charge in [0.05, 0.1) is 21.4 Å². The number of aryl methyl sites for hydroxylation is 1. The molecule has 0 bridgehead atoms. The number of hydrogen-bond donors (Lipinski definition) is 0. The van der Waals surface area contributed by atoms with Crippen molar-refractivity contribution in [3.63, 3.8) is 0 Å². The molecule has 44 heavy (non-hydrogen) atoms. The van der Waals surface area contributed by atoms with E-state index in [0.29, 0.717) is 17.1 Å². The van der Waals surface area contributed by atoms with E-state index in [-0.39, 0.29) is 21.7 Å². The minimum absolute atomic E-state index is 0.0539. The molecule has 1 aromatic carbocycles. The first-order chi connectivity index (χ1) is 20.6. The Bertz CT molecular complexity index is 1770. The molecule has 0 saturated heterocycles. The Kier molecular flexibility index (Phi) is 8.74. The Hall–Kier alpha value is -3.57. The summed E-state index contributed by atoms with van der Waals surface area (Å²) in [7, 11) is 0. The summed E-state index contributed by atoms with van der Waals surface area (Å²) in [5, 5.41) is 1.49. The van der Waals surface area contributed by atoms with Crippen LogP contribution in [0.3, 0.4) is 0 Å². The second-order valence-electron chi connectivity index (χ2n) is 12.8. The molecule has 9 nitrogen and oxygen atoms in total. The second kappa shape index (κ2) is 12.1. The van der Waals surface area contributed by atoms with Crippen molar-refractivity contribution in [2.75, 3.05) is 4.90 Å². The molecule has 0 spiro atoms. The van der Waals surface area contributed by atoms with Gasteiger partial charge in [0.2, 0.25) is 0 Å². The van der Waals surface area contributed by atoms with Crippen LogP contribution in [-0.4, -0.2) is 42.9 Å². The predicted molar refractivity (Wildman–Crippen MR) is 172 cm³/mol. The standard InChI is InChI=1S/C32H34BrClFN5O4/c1-31(2,3)43-29(41)40(30(42)44-32(4,5)6)28-23(33)16-22-24(35)14-19(15-25(22)38-28)8-7-18-9-10-20(13-18)39-12-11-21-26(34)36-17-37-27(21)39/h11-17,20H,7-10H2,1-6H3. The molecule has 0 N–H and O–H groups in total. The molecule has 1 aliphatic carbocycles. The quantitative estimate of drug-likeness (QED) is 0.153. The first kappa shape index (κ1) is 31.8. The smallest absolute Gasteiger partial charge is 0.425 e. The minimum Gasteiger partial charge on any atom is -0.443 e. The van der Waals surface area contributed by atoms with Gasteiger partial charge in [-0.3, -0.25) is 0 Å². The molecule has 1 atom stereocenters. The van der Waals surface area contributed by atoms with Gasteiger partial charge in [-0.2, -0.15) is 4.90 Å². The van der Waals surface area contributed by atoms with Crippen LogP contribution in [0, 0.1) is 5.82 Å². The third-order valence-corrected chi connectivity index (χ3v) is 7.87. The first-order valence-electron chi connectivity index (χ1n) is 14.3. The molecule has 0 aliphatic heterocycles. The summed E-state index contributed by atoms with van der Waals surface area (Å²) < 4.78 is 28.7. The van der Waals surface area contributed by atoms with E-state index in [2.05, 4.69) is 41.5 Å². The van der Waals surface area contributed by atoms with Crippen molar-refractivity contribution in [1.29, 1.82) is 0 Å². The Labute approximate surface area is 268 Å². The third-order valence-electron chi connectivity index (χ3n) is 6.98. The molecule has 0 radical (unpaired) electrons. The third kappa shape index (κ3) is 7.04. The molecule has 3 heterocycles. The number of hydrogen-bond acceptors (Lipinski definition) is 7. The lowest BCUT2D eigenvalue weighted by molar-refractivity contribution is 0.0429. The number of allylic oxidation sites excluding steroid dienone is 2. The number of amides is 2. The van der Waals surface area contributed by atoms with Gasteiger partial charge in [0.25, 0.3) is 0 Å². The highest BCUT2D eigenvalue weighted by atomic mass is 79.9. The zero-order chi connectivity index (χ0) is 32.0. The minimum atomic E-state index is -0.956. The largest absolute Gasteiger partial charge is 0.443 e. The Morgan fingerprint density at radius 3 is 2.39 bits per heavy atom. The molecule has 2 amide bonds. The van der Waals surface area contributed by atoms with Gasteiger partial charge < -0.3 is 14.0 Å². The number of aromatic nitrogens is 4. The number of nitrogens with zero attached hydrogens (tertiary/aromatic N) is 5. The summed E-state index contributed by atoms with van der Waals surface area (Å²) in [5.74, 6) is -0.506. The van der Waals surface area contributed by atoms with Gasteiger partial charge in [-0.05, 0) is 113 Å². The fourth-order valence-corrected chi connectivity index (χ4v) is 5.81. The topological polar surface area (TPSA) is 99.4 Å². The summed E-state index contributed by atoms with van der Waals surface area (Å²) in [5.41, 5.74) is 1.33. The maximum absolute atomic E-state index is 15.4. The number of ether oxygens (including phenoxy) is 2. The zero-order valence-electron chi connectivity index (χ0n) is 25.5. The predicted octanol–water partition coefficient (Wildman–Crippen LogP) is 9.11. The number of fused-ring (bicyclic) bond motifs is 2. The summed E-state index contributed by atoms with van der Waals surface area (Å²) in [6.45, 7) is 10.1. The number of rotatable bonds is 5. The maximum Gasteiger partial charge on any atom is 0.425 e. The first-order valence-corrected chi connectivity index (χ1v) is 15.5. The van der Waals surface area contributed by atoms with Gasteiger partial charge in [-0.25, -0.2) is 28.9 Å². The highest BCUT2D eigenvalue weighted by Crippen LogP contribution is 2.36. The fraction of sp³-hybridized carbons (Fsp3) is 0.406. The van der Waals surface area contributed by atoms with Gasteiger partial charge in [0.1, 0.15) is 34.1 Å². The monoisotopic (exact) mass is 685 g/mol. The Balaban J connectivity index is 1.41. The highest BCUT2D eigenvalue weighted by molar-refractivity contribution is 9.10. The van der Waals surface area contributed by atoms with Crippen molar-refractivity contribution in [3.8, 4) is 0 Å². The molecular formula is C32H34BrClFN5O4. The van der Waals surface area contributed by atoms with E-state index in [0.717, 1.165) is 40.8 Å². The number of halogens is 3. The molecule has 232 valence electrons. The number of anilines is 1. The van der Waals surface area contributed by atoms with Crippen LogP contribution in [0.5, 0.6) is 0 Å². The lowest BCUT2D eigenvalue weighted by atomic mass is 10.0. The van der Waals surface area contributed by atoms with Gasteiger partial charge in [-0.15, -0.1) is 0 Å².